The third-order valence-electron chi connectivity index (χ3n) is 5.77. The van der Waals surface area contributed by atoms with Gasteiger partial charge in [0.25, 0.3) is 0 Å². The van der Waals surface area contributed by atoms with Crippen molar-refractivity contribution < 1.29 is 27.4 Å². The Morgan fingerprint density at radius 1 is 1.16 bits per heavy atom. The van der Waals surface area contributed by atoms with E-state index < -0.39 is 15.6 Å². The highest BCUT2D eigenvalue weighted by molar-refractivity contribution is 7.89. The van der Waals surface area contributed by atoms with Crippen molar-refractivity contribution in [1.82, 2.24) is 4.31 Å². The third-order valence-corrected chi connectivity index (χ3v) is 7.96. The van der Waals surface area contributed by atoms with Crippen LogP contribution in [0.4, 0.5) is 0 Å². The number of ether oxygens (including phenoxy) is 3. The third kappa shape index (κ3) is 4.12. The normalized spacial score (nSPS) is 18.4. The van der Waals surface area contributed by atoms with Gasteiger partial charge in [0.15, 0.2) is 5.78 Å². The Morgan fingerprint density at radius 2 is 1.90 bits per heavy atom. The molecule has 1 saturated heterocycles. The molecule has 2 heterocycles. The van der Waals surface area contributed by atoms with Gasteiger partial charge in [0.2, 0.25) is 10.0 Å². The highest BCUT2D eigenvalue weighted by Crippen LogP contribution is 2.41. The van der Waals surface area contributed by atoms with Gasteiger partial charge < -0.3 is 14.2 Å². The van der Waals surface area contributed by atoms with Crippen LogP contribution in [0.5, 0.6) is 17.2 Å². The van der Waals surface area contributed by atoms with Gasteiger partial charge >= 0.3 is 0 Å². The van der Waals surface area contributed by atoms with Crippen molar-refractivity contribution >= 4 is 27.4 Å². The minimum absolute atomic E-state index is 0.00235. The number of rotatable bonds is 5. The first kappa shape index (κ1) is 21.9. The van der Waals surface area contributed by atoms with E-state index in [1.807, 2.05) is 6.92 Å². The molecular weight excluding hydrogens is 442 g/mol. The summed E-state index contributed by atoms with van der Waals surface area (Å²) in [7, 11) is -2.25. The van der Waals surface area contributed by atoms with Crippen molar-refractivity contribution in [3.8, 4) is 17.2 Å². The average molecular weight is 466 g/mol. The van der Waals surface area contributed by atoms with E-state index in [0.29, 0.717) is 42.3 Å². The lowest BCUT2D eigenvalue weighted by molar-refractivity contribution is 0.00575. The zero-order valence-electron chi connectivity index (χ0n) is 17.4. The summed E-state index contributed by atoms with van der Waals surface area (Å²) >= 11 is 6.11. The number of fused-ring (bicyclic) bond motifs is 1. The van der Waals surface area contributed by atoms with Crippen molar-refractivity contribution in [3.05, 3.63) is 47.0 Å². The maximum Gasteiger partial charge on any atom is 0.243 e. The quantitative estimate of drug-likeness (QED) is 0.665. The van der Waals surface area contributed by atoms with E-state index in [1.54, 1.807) is 18.2 Å². The highest BCUT2D eigenvalue weighted by atomic mass is 35.5. The maximum atomic E-state index is 13.1. The first-order valence-corrected chi connectivity index (χ1v) is 11.9. The Balaban J connectivity index is 1.52. The van der Waals surface area contributed by atoms with Gasteiger partial charge in [-0.3, -0.25) is 4.79 Å². The lowest BCUT2D eigenvalue weighted by Crippen LogP contribution is -2.52. The predicted molar refractivity (Wildman–Crippen MR) is 116 cm³/mol. The second-order valence-corrected chi connectivity index (χ2v) is 10.0. The molecule has 2 aliphatic heterocycles. The van der Waals surface area contributed by atoms with Gasteiger partial charge in [0, 0.05) is 32.0 Å². The van der Waals surface area contributed by atoms with Gasteiger partial charge in [0.1, 0.15) is 22.8 Å². The first-order valence-electron chi connectivity index (χ1n) is 10.1. The Morgan fingerprint density at radius 3 is 2.55 bits per heavy atom. The van der Waals surface area contributed by atoms with Crippen LogP contribution in [-0.2, 0) is 10.0 Å². The molecule has 166 valence electrons. The van der Waals surface area contributed by atoms with Crippen LogP contribution in [0.2, 0.25) is 5.02 Å². The zero-order valence-corrected chi connectivity index (χ0v) is 19.0. The molecule has 0 bridgehead atoms. The Labute approximate surface area is 186 Å². The molecular formula is C22H24ClNO6S. The van der Waals surface area contributed by atoms with Crippen LogP contribution < -0.4 is 14.2 Å². The molecule has 31 heavy (non-hydrogen) atoms. The molecule has 1 spiro atoms. The Kier molecular flexibility index (Phi) is 5.89. The molecule has 2 aromatic carbocycles. The van der Waals surface area contributed by atoms with E-state index in [2.05, 4.69) is 0 Å². The Bertz CT molecular complexity index is 1110. The highest BCUT2D eigenvalue weighted by Gasteiger charge is 2.45. The number of hydrogen-bond donors (Lipinski definition) is 0. The molecule has 0 radical (unpaired) electrons. The van der Waals surface area contributed by atoms with Crippen LogP contribution in [0.15, 0.2) is 41.3 Å². The molecule has 1 fully saturated rings. The summed E-state index contributed by atoms with van der Waals surface area (Å²) in [5.74, 6) is 1.56. The molecule has 0 atom stereocenters. The number of carbonyl (C=O) groups is 1. The molecule has 2 aliphatic rings. The fourth-order valence-electron chi connectivity index (χ4n) is 4.10. The molecule has 0 N–H and O–H groups in total. The number of carbonyl (C=O) groups excluding carboxylic acids is 1. The molecule has 0 unspecified atom stereocenters. The van der Waals surface area contributed by atoms with Gasteiger partial charge in [-0.1, -0.05) is 11.6 Å². The summed E-state index contributed by atoms with van der Waals surface area (Å²) in [6.45, 7) is 2.90. The number of hydrogen-bond acceptors (Lipinski definition) is 6. The number of benzene rings is 2. The average Bonchev–Trinajstić information content (AvgIpc) is 2.74. The lowest BCUT2D eigenvalue weighted by atomic mass is 9.83. The second-order valence-electron chi connectivity index (χ2n) is 7.68. The van der Waals surface area contributed by atoms with Gasteiger partial charge in [-0.25, -0.2) is 8.42 Å². The van der Waals surface area contributed by atoms with Crippen molar-refractivity contribution in [2.45, 2.75) is 36.7 Å². The summed E-state index contributed by atoms with van der Waals surface area (Å²) < 4.78 is 44.5. The van der Waals surface area contributed by atoms with E-state index in [0.717, 1.165) is 0 Å². The molecule has 7 nitrogen and oxygen atoms in total. The summed E-state index contributed by atoms with van der Waals surface area (Å²) in [6, 6.07) is 9.64. The topological polar surface area (TPSA) is 82.1 Å². The minimum atomic E-state index is -3.72. The monoisotopic (exact) mass is 465 g/mol. The smallest absolute Gasteiger partial charge is 0.243 e. The van der Waals surface area contributed by atoms with Gasteiger partial charge in [-0.2, -0.15) is 4.31 Å². The maximum absolute atomic E-state index is 13.1. The molecule has 0 aromatic heterocycles. The first-order chi connectivity index (χ1) is 14.8. The summed E-state index contributed by atoms with van der Waals surface area (Å²) in [5, 5.41) is 0.236. The number of sulfonamides is 1. The number of ketones is 1. The van der Waals surface area contributed by atoms with Gasteiger partial charge in [0.05, 0.1) is 35.6 Å². The largest absolute Gasteiger partial charge is 0.495 e. The molecule has 2 aromatic rings. The fourth-order valence-corrected chi connectivity index (χ4v) is 5.89. The predicted octanol–water partition coefficient (Wildman–Crippen LogP) is 3.94. The lowest BCUT2D eigenvalue weighted by Gasteiger charge is -2.43. The molecule has 4 rings (SSSR count). The van der Waals surface area contributed by atoms with Crippen LogP contribution >= 0.6 is 11.6 Å². The number of nitrogens with zero attached hydrogens (tertiary/aromatic N) is 1. The van der Waals surface area contributed by atoms with E-state index in [-0.39, 0.29) is 35.2 Å². The van der Waals surface area contributed by atoms with Gasteiger partial charge in [-0.05, 0) is 37.3 Å². The van der Waals surface area contributed by atoms with E-state index in [4.69, 9.17) is 25.8 Å². The second kappa shape index (κ2) is 8.33. The standard InChI is InChI=1S/C22H24ClNO6S/c1-3-29-15-4-6-17-19(25)14-22(30-21(17)12-15)8-10-24(11-9-22)31(26,27)16-5-7-20(28-2)18(23)13-16/h4-7,12-13H,3,8-11,14H2,1-2H3. The van der Waals surface area contributed by atoms with E-state index in [9.17, 15) is 13.2 Å². The van der Waals surface area contributed by atoms with Crippen LogP contribution in [0.25, 0.3) is 0 Å². The van der Waals surface area contributed by atoms with Crippen molar-refractivity contribution in [1.29, 1.82) is 0 Å². The zero-order chi connectivity index (χ0) is 22.2. The number of Topliss-reactive ketones (excluding diaryl/α,β-unsaturated/α-hetero) is 1. The molecule has 0 aliphatic carbocycles. The summed E-state index contributed by atoms with van der Waals surface area (Å²) in [5.41, 5.74) is -0.171. The van der Waals surface area contributed by atoms with Crippen molar-refractivity contribution in [2.75, 3.05) is 26.8 Å². The molecule has 0 amide bonds. The van der Waals surface area contributed by atoms with Crippen molar-refractivity contribution in [2.24, 2.45) is 0 Å². The summed E-state index contributed by atoms with van der Waals surface area (Å²) in [4.78, 5) is 12.9. The summed E-state index contributed by atoms with van der Waals surface area (Å²) in [6.07, 6.45) is 1.07. The number of halogens is 1. The number of piperidine rings is 1. The van der Waals surface area contributed by atoms with Crippen molar-refractivity contribution in [3.63, 3.8) is 0 Å². The van der Waals surface area contributed by atoms with Crippen LogP contribution in [0.3, 0.4) is 0 Å². The minimum Gasteiger partial charge on any atom is -0.495 e. The Hall–Kier alpha value is -2.29. The van der Waals surface area contributed by atoms with Crippen LogP contribution in [0, 0.1) is 0 Å². The SMILES string of the molecule is CCOc1ccc2c(c1)OC1(CCN(S(=O)(=O)c3ccc(OC)c(Cl)c3)CC1)CC2=O. The van der Waals surface area contributed by atoms with E-state index in [1.165, 1.54) is 29.6 Å². The van der Waals surface area contributed by atoms with E-state index >= 15 is 0 Å². The van der Waals surface area contributed by atoms with Crippen LogP contribution in [-0.4, -0.2) is 50.9 Å². The molecule has 9 heteroatoms. The van der Waals surface area contributed by atoms with Gasteiger partial charge in [-0.15, -0.1) is 0 Å². The number of methoxy groups -OCH3 is 1. The fraction of sp³-hybridized carbons (Fsp3) is 0.409. The molecule has 0 saturated carbocycles. The van der Waals surface area contributed by atoms with Crippen LogP contribution in [0.1, 0.15) is 36.5 Å².